The first-order valence-corrected chi connectivity index (χ1v) is 10.7. The number of thioether (sulfide) groups is 1. The molecule has 0 aliphatic carbocycles. The lowest BCUT2D eigenvalue weighted by molar-refractivity contribution is 0.519. The summed E-state index contributed by atoms with van der Waals surface area (Å²) in [7, 11) is 1.32. The van der Waals surface area contributed by atoms with Gasteiger partial charge in [0.05, 0.1) is 4.90 Å². The van der Waals surface area contributed by atoms with Crippen LogP contribution in [0, 0.1) is 0 Å². The highest BCUT2D eigenvalue weighted by molar-refractivity contribution is 7.98. The molecular formula is C16H28N4O2S2. The van der Waals surface area contributed by atoms with Gasteiger partial charge >= 0.3 is 0 Å². The fraction of sp³-hybridized carbons (Fsp3) is 0.562. The van der Waals surface area contributed by atoms with Gasteiger partial charge < -0.3 is 10.6 Å². The average Bonchev–Trinajstić information content (AvgIpc) is 2.57. The maximum Gasteiger partial charge on any atom is 0.242 e. The first-order chi connectivity index (χ1) is 11.4. The van der Waals surface area contributed by atoms with Gasteiger partial charge in [0.15, 0.2) is 5.96 Å². The molecule has 136 valence electrons. The van der Waals surface area contributed by atoms with Gasteiger partial charge in [0.1, 0.15) is 0 Å². The van der Waals surface area contributed by atoms with Gasteiger partial charge in [-0.1, -0.05) is 18.2 Å². The summed E-state index contributed by atoms with van der Waals surface area (Å²) >= 11 is 1.85. The zero-order valence-corrected chi connectivity index (χ0v) is 16.5. The summed E-state index contributed by atoms with van der Waals surface area (Å²) in [4.78, 5) is 4.49. The Morgan fingerprint density at radius 2 is 1.92 bits per heavy atom. The Hall–Kier alpha value is -1.25. The second-order valence-corrected chi connectivity index (χ2v) is 8.55. The Balaban J connectivity index is 2.67. The molecule has 24 heavy (non-hydrogen) atoms. The topological polar surface area (TPSA) is 73.8 Å². The SMILES string of the molecule is CN=C(NCCCCSC)NCc1ccccc1S(=O)(=O)N(C)C. The number of guanidine groups is 1. The molecule has 0 heterocycles. The zero-order valence-electron chi connectivity index (χ0n) is 14.9. The summed E-state index contributed by atoms with van der Waals surface area (Å²) in [6.07, 6.45) is 4.34. The predicted molar refractivity (Wildman–Crippen MR) is 103 cm³/mol. The van der Waals surface area contributed by atoms with Crippen LogP contribution in [0.4, 0.5) is 0 Å². The number of hydrogen-bond donors (Lipinski definition) is 2. The van der Waals surface area contributed by atoms with Crippen LogP contribution in [0.15, 0.2) is 34.2 Å². The lowest BCUT2D eigenvalue weighted by atomic mass is 10.2. The minimum absolute atomic E-state index is 0.318. The van der Waals surface area contributed by atoms with E-state index in [-0.39, 0.29) is 0 Å². The molecule has 1 rings (SSSR count). The fourth-order valence-electron chi connectivity index (χ4n) is 2.08. The van der Waals surface area contributed by atoms with Crippen LogP contribution >= 0.6 is 11.8 Å². The van der Waals surface area contributed by atoms with E-state index in [1.54, 1.807) is 19.2 Å². The molecule has 0 spiro atoms. The van der Waals surface area contributed by atoms with Gasteiger partial charge in [-0.05, 0) is 36.5 Å². The van der Waals surface area contributed by atoms with E-state index in [1.165, 1.54) is 18.4 Å². The van der Waals surface area contributed by atoms with E-state index >= 15 is 0 Å². The van der Waals surface area contributed by atoms with E-state index in [2.05, 4.69) is 21.9 Å². The molecule has 0 atom stereocenters. The number of benzene rings is 1. The molecule has 0 saturated carbocycles. The minimum atomic E-state index is -3.46. The molecule has 1 aromatic rings. The lowest BCUT2D eigenvalue weighted by Gasteiger charge is -2.17. The number of nitrogens with zero attached hydrogens (tertiary/aromatic N) is 2. The number of rotatable bonds is 9. The van der Waals surface area contributed by atoms with Crippen LogP contribution in [0.5, 0.6) is 0 Å². The Kier molecular flexibility index (Phi) is 9.17. The molecule has 0 aromatic heterocycles. The third kappa shape index (κ3) is 6.33. The maximum atomic E-state index is 12.4. The molecule has 0 saturated heterocycles. The summed E-state index contributed by atoms with van der Waals surface area (Å²) in [6.45, 7) is 1.24. The van der Waals surface area contributed by atoms with Gasteiger partial charge in [0, 0.05) is 34.2 Å². The van der Waals surface area contributed by atoms with Crippen molar-refractivity contribution in [2.75, 3.05) is 39.7 Å². The van der Waals surface area contributed by atoms with Gasteiger partial charge in [-0.15, -0.1) is 0 Å². The van der Waals surface area contributed by atoms with Crippen LogP contribution in [0.3, 0.4) is 0 Å². The Labute approximate surface area is 150 Å². The van der Waals surface area contributed by atoms with E-state index < -0.39 is 10.0 Å². The molecule has 0 amide bonds. The summed E-state index contributed by atoms with van der Waals surface area (Å²) < 4.78 is 26.0. The molecule has 8 heteroatoms. The van der Waals surface area contributed by atoms with Crippen LogP contribution in [0.1, 0.15) is 18.4 Å². The number of unbranched alkanes of at least 4 members (excludes halogenated alkanes) is 1. The number of aliphatic imine (C=N–C) groups is 1. The van der Waals surface area contributed by atoms with Crippen LogP contribution in [0.25, 0.3) is 0 Å². The largest absolute Gasteiger partial charge is 0.356 e. The van der Waals surface area contributed by atoms with Crippen molar-refractivity contribution in [3.8, 4) is 0 Å². The van der Waals surface area contributed by atoms with Gasteiger partial charge in [0.2, 0.25) is 10.0 Å². The molecule has 0 bridgehead atoms. The smallest absolute Gasteiger partial charge is 0.242 e. The minimum Gasteiger partial charge on any atom is -0.356 e. The normalized spacial score (nSPS) is 12.5. The van der Waals surface area contributed by atoms with E-state index in [9.17, 15) is 8.42 Å². The van der Waals surface area contributed by atoms with Crippen LogP contribution in [-0.2, 0) is 16.6 Å². The number of nitrogens with one attached hydrogen (secondary N) is 2. The van der Waals surface area contributed by atoms with Crippen molar-refractivity contribution >= 4 is 27.7 Å². The van der Waals surface area contributed by atoms with Crippen molar-refractivity contribution in [1.29, 1.82) is 0 Å². The van der Waals surface area contributed by atoms with Crippen molar-refractivity contribution in [2.45, 2.75) is 24.3 Å². The highest BCUT2D eigenvalue weighted by atomic mass is 32.2. The standard InChI is InChI=1S/C16H28N4O2S2/c1-17-16(18-11-7-8-12-23-4)19-13-14-9-5-6-10-15(14)24(21,22)20(2)3/h5-6,9-10H,7-8,11-13H2,1-4H3,(H2,17,18,19). The molecule has 0 aliphatic heterocycles. The Morgan fingerprint density at radius 1 is 1.21 bits per heavy atom. The summed E-state index contributed by atoms with van der Waals surface area (Å²) in [5, 5.41) is 6.43. The second-order valence-electron chi connectivity index (χ2n) is 5.45. The summed E-state index contributed by atoms with van der Waals surface area (Å²) in [5.74, 6) is 1.83. The first kappa shape index (κ1) is 20.8. The maximum absolute atomic E-state index is 12.4. The number of sulfonamides is 1. The third-order valence-electron chi connectivity index (χ3n) is 3.47. The van der Waals surface area contributed by atoms with Crippen LogP contribution < -0.4 is 10.6 Å². The molecule has 2 N–H and O–H groups in total. The quantitative estimate of drug-likeness (QED) is 0.392. The molecule has 1 aromatic carbocycles. The van der Waals surface area contributed by atoms with Crippen molar-refractivity contribution < 1.29 is 8.42 Å². The van der Waals surface area contributed by atoms with E-state index in [1.807, 2.05) is 23.9 Å². The van der Waals surface area contributed by atoms with Crippen molar-refractivity contribution in [3.05, 3.63) is 29.8 Å². The lowest BCUT2D eigenvalue weighted by Crippen LogP contribution is -2.37. The van der Waals surface area contributed by atoms with E-state index in [4.69, 9.17) is 0 Å². The molecule has 0 unspecified atom stereocenters. The molecular weight excluding hydrogens is 344 g/mol. The van der Waals surface area contributed by atoms with E-state index in [0.29, 0.717) is 17.4 Å². The summed E-state index contributed by atoms with van der Waals surface area (Å²) in [6, 6.07) is 7.02. The van der Waals surface area contributed by atoms with Gasteiger partial charge in [-0.3, -0.25) is 4.99 Å². The van der Waals surface area contributed by atoms with Gasteiger partial charge in [-0.2, -0.15) is 11.8 Å². The zero-order chi connectivity index (χ0) is 18.0. The summed E-state index contributed by atoms with van der Waals surface area (Å²) in [5.41, 5.74) is 0.719. The van der Waals surface area contributed by atoms with Crippen molar-refractivity contribution in [1.82, 2.24) is 14.9 Å². The highest BCUT2D eigenvalue weighted by Crippen LogP contribution is 2.18. The molecule has 0 aliphatic rings. The van der Waals surface area contributed by atoms with Crippen molar-refractivity contribution in [3.63, 3.8) is 0 Å². The van der Waals surface area contributed by atoms with Crippen LogP contribution in [-0.4, -0.2) is 58.4 Å². The Morgan fingerprint density at radius 3 is 2.54 bits per heavy atom. The van der Waals surface area contributed by atoms with Gasteiger partial charge in [0.25, 0.3) is 0 Å². The van der Waals surface area contributed by atoms with Gasteiger partial charge in [-0.25, -0.2) is 12.7 Å². The number of hydrogen-bond acceptors (Lipinski definition) is 4. The monoisotopic (exact) mass is 372 g/mol. The first-order valence-electron chi connectivity index (χ1n) is 7.87. The third-order valence-corrected chi connectivity index (χ3v) is 6.08. The predicted octanol–water partition coefficient (Wildman–Crippen LogP) is 1.75. The molecule has 0 fully saturated rings. The average molecular weight is 373 g/mol. The second kappa shape index (κ2) is 10.6. The Bertz CT molecular complexity index is 631. The highest BCUT2D eigenvalue weighted by Gasteiger charge is 2.20. The van der Waals surface area contributed by atoms with Crippen LogP contribution in [0.2, 0.25) is 0 Å². The fourth-order valence-corrected chi connectivity index (χ4v) is 3.68. The molecule has 6 nitrogen and oxygen atoms in total. The van der Waals surface area contributed by atoms with E-state index in [0.717, 1.165) is 30.7 Å². The molecule has 0 radical (unpaired) electrons. The van der Waals surface area contributed by atoms with Crippen molar-refractivity contribution in [2.24, 2.45) is 4.99 Å².